The Morgan fingerprint density at radius 1 is 2.50 bits per heavy atom. The highest BCUT2D eigenvalue weighted by molar-refractivity contribution is 7.17. The van der Waals surface area contributed by atoms with Crippen LogP contribution in [-0.4, -0.2) is 9.67 Å². The Labute approximate surface area is 28.6 Å². The molecule has 0 atom stereocenters. The molecule has 0 rings (SSSR count). The minimum Gasteiger partial charge on any atom is -0.336 e. The van der Waals surface area contributed by atoms with Crippen molar-refractivity contribution in [3.63, 3.8) is 0 Å². The first kappa shape index (κ1) is 1.58. The molecule has 0 N–H and O–H groups in total. The third-order valence-electron chi connectivity index (χ3n) is 0.0745. The fourth-order valence-corrected chi connectivity index (χ4v) is 0. The average Bonchev–Trinajstić information content (AvgIpc) is 1.35. The summed E-state index contributed by atoms with van der Waals surface area (Å²) in [6, 6.07) is 0. The summed E-state index contributed by atoms with van der Waals surface area (Å²) in [6.45, 7) is 0. The summed E-state index contributed by atoms with van der Waals surface area (Å²) in [6.07, 6.45) is 0. The van der Waals surface area contributed by atoms with E-state index in [0.29, 0.717) is 0 Å². The molecule has 0 heterocycles. The molecule has 2 nitrogen and oxygen atoms in total. The monoisotopic (exact) mass is 82.0 g/mol. The summed E-state index contributed by atoms with van der Waals surface area (Å²) >= 11 is 0. The standard InChI is InChI=1S/CH5O2P/c1-3-4-2/h4H2,1H3/i4D2. The van der Waals surface area contributed by atoms with Gasteiger partial charge < -0.3 is 4.52 Å². The average molecular weight is 82.0 g/mol. The SMILES string of the molecule is [2H]P([2H])(=O)OC. The summed E-state index contributed by atoms with van der Waals surface area (Å²) in [5.41, 5.74) is 0. The van der Waals surface area contributed by atoms with Crippen LogP contribution in [0.2, 0.25) is 0 Å². The maximum Gasteiger partial charge on any atom is 0.179 e. The van der Waals surface area contributed by atoms with Crippen molar-refractivity contribution in [2.45, 2.75) is 0 Å². The Bertz CT molecular complexity index is 75.6. The van der Waals surface area contributed by atoms with E-state index >= 15 is 0 Å². The largest absolute Gasteiger partial charge is 0.336 e. The molecule has 0 radical (unpaired) electrons. The predicted octanol–water partition coefficient (Wildman–Crippen LogP) is 0.304. The molecule has 0 saturated heterocycles. The van der Waals surface area contributed by atoms with Crippen LogP contribution in [0.4, 0.5) is 0 Å². The molecule has 0 bridgehead atoms. The summed E-state index contributed by atoms with van der Waals surface area (Å²) in [4.78, 5) is 0. The van der Waals surface area contributed by atoms with Crippen LogP contribution < -0.4 is 0 Å². The Balaban J connectivity index is 3.48. The molecule has 0 fully saturated rings. The molecule has 0 aromatic carbocycles. The molecule has 26 valence electrons. The maximum absolute atomic E-state index is 9.69. The third kappa shape index (κ3) is 2.19. The number of rotatable bonds is 1. The molecule has 0 spiro atoms. The van der Waals surface area contributed by atoms with Crippen LogP contribution in [0.15, 0.2) is 0 Å². The van der Waals surface area contributed by atoms with Crippen LogP contribution in [0.5, 0.6) is 0 Å². The van der Waals surface area contributed by atoms with E-state index in [1.54, 1.807) is 0 Å². The molecule has 0 saturated carbocycles. The Morgan fingerprint density at radius 3 is 2.75 bits per heavy atom. The molecule has 0 amide bonds. The molecular formula is CH5O2P. The van der Waals surface area contributed by atoms with E-state index in [1.165, 1.54) is 0 Å². The van der Waals surface area contributed by atoms with Crippen LogP contribution >= 0.6 is 8.58 Å². The van der Waals surface area contributed by atoms with Gasteiger partial charge >= 0.3 is 0 Å². The van der Waals surface area contributed by atoms with E-state index in [2.05, 4.69) is 4.52 Å². The maximum atomic E-state index is 9.69. The first-order valence-electron chi connectivity index (χ1n) is 1.67. The summed E-state index contributed by atoms with van der Waals surface area (Å²) in [5, 5.41) is 0. The van der Waals surface area contributed by atoms with E-state index in [0.717, 1.165) is 7.11 Å². The van der Waals surface area contributed by atoms with E-state index < -0.39 is 8.58 Å². The van der Waals surface area contributed by atoms with Gasteiger partial charge in [-0.2, -0.15) is 0 Å². The Morgan fingerprint density at radius 2 is 2.75 bits per heavy atom. The second kappa shape index (κ2) is 3.19. The third-order valence-corrected chi connectivity index (χ3v) is 0.224. The molecule has 3 heteroatoms. The normalized spacial score (nSPS) is 18.2. The van der Waals surface area contributed by atoms with Crippen molar-refractivity contribution in [2.75, 3.05) is 7.11 Å². The van der Waals surface area contributed by atoms with Crippen molar-refractivity contribution < 1.29 is 9.09 Å². The highest BCUT2D eigenvalue weighted by Gasteiger charge is 1.43. The van der Waals surface area contributed by atoms with Gasteiger partial charge in [-0.25, -0.2) is 0 Å². The lowest BCUT2D eigenvalue weighted by molar-refractivity contribution is 0.433. The minimum absolute atomic E-state index is 1.07. The second-order valence-electron chi connectivity index (χ2n) is 0.257. The summed E-state index contributed by atoms with van der Waals surface area (Å²) in [5.74, 6) is 0. The van der Waals surface area contributed by atoms with Gasteiger partial charge in [0, 0.05) is 7.11 Å². The van der Waals surface area contributed by atoms with Crippen LogP contribution in [0.3, 0.4) is 0 Å². The molecule has 0 aromatic heterocycles. The van der Waals surface area contributed by atoms with Gasteiger partial charge in [-0.1, -0.05) is 0 Å². The summed E-state index contributed by atoms with van der Waals surface area (Å²) in [7, 11) is -2.58. The molecule has 0 aliphatic rings. The van der Waals surface area contributed by atoms with Crippen molar-refractivity contribution in [3.05, 3.63) is 0 Å². The first-order chi connectivity index (χ1) is 2.56. The number of hydrogen-bond acceptors (Lipinski definition) is 2. The lowest BCUT2D eigenvalue weighted by Gasteiger charge is -1.63. The Kier molecular flexibility index (Phi) is 1.26. The Hall–Kier alpha value is 0.190. The molecule has 0 unspecified atom stereocenters. The van der Waals surface area contributed by atoms with Crippen molar-refractivity contribution in [2.24, 2.45) is 0 Å². The van der Waals surface area contributed by atoms with Crippen LogP contribution in [0.25, 0.3) is 0 Å². The molecule has 0 aliphatic heterocycles. The van der Waals surface area contributed by atoms with Crippen molar-refractivity contribution >= 4 is 8.58 Å². The molecule has 4 heavy (non-hydrogen) atoms. The minimum atomic E-state index is -3.65. The van der Waals surface area contributed by atoms with Crippen molar-refractivity contribution in [3.8, 4) is 0 Å². The van der Waals surface area contributed by atoms with Crippen LogP contribution in [-0.2, 0) is 9.09 Å². The molecular weight excluding hydrogens is 75.0 g/mol. The summed E-state index contributed by atoms with van der Waals surface area (Å²) < 4.78 is 25.9. The van der Waals surface area contributed by atoms with E-state index in [1.807, 2.05) is 0 Å². The fraction of sp³-hybridized carbons (Fsp3) is 1.00. The van der Waals surface area contributed by atoms with E-state index in [9.17, 15) is 4.57 Å². The first-order valence-corrected chi connectivity index (χ1v) is 1.50. The van der Waals surface area contributed by atoms with Gasteiger partial charge in [-0.3, -0.25) is 4.57 Å². The van der Waals surface area contributed by atoms with Gasteiger partial charge in [0.1, 0.15) is 2.56 Å². The lowest BCUT2D eigenvalue weighted by Crippen LogP contribution is -1.42. The van der Waals surface area contributed by atoms with Gasteiger partial charge in [0.25, 0.3) is 0 Å². The highest BCUT2D eigenvalue weighted by Crippen LogP contribution is 1.83. The van der Waals surface area contributed by atoms with E-state index in [-0.39, 0.29) is 0 Å². The topological polar surface area (TPSA) is 26.3 Å². The number of hydrogen-bond donors (Lipinski definition) is 0. The second-order valence-corrected chi connectivity index (χ2v) is 0.771. The van der Waals surface area contributed by atoms with Gasteiger partial charge in [0.05, 0.1) is 0 Å². The zero-order chi connectivity index (χ0) is 5.21. The van der Waals surface area contributed by atoms with Crippen LogP contribution in [0.1, 0.15) is 0 Å². The zero-order valence-electron chi connectivity index (χ0n) is 4.26. The van der Waals surface area contributed by atoms with E-state index in [4.69, 9.17) is 2.56 Å². The van der Waals surface area contributed by atoms with Crippen LogP contribution in [0, 0.1) is 0 Å². The van der Waals surface area contributed by atoms with Gasteiger partial charge in [-0.15, -0.1) is 0 Å². The molecule has 0 aromatic rings. The van der Waals surface area contributed by atoms with Gasteiger partial charge in [-0.05, 0) is 0 Å². The van der Waals surface area contributed by atoms with Gasteiger partial charge in [0.15, 0.2) is 8.58 Å². The fourth-order valence-electron chi connectivity index (χ4n) is 0. The smallest absolute Gasteiger partial charge is 0.179 e. The molecule has 0 aliphatic carbocycles. The van der Waals surface area contributed by atoms with Gasteiger partial charge in [0.2, 0.25) is 0 Å². The highest BCUT2D eigenvalue weighted by atomic mass is 31.1. The zero-order valence-corrected chi connectivity index (χ0v) is 3.16. The van der Waals surface area contributed by atoms with Crippen molar-refractivity contribution in [1.82, 2.24) is 0 Å². The van der Waals surface area contributed by atoms with Crippen molar-refractivity contribution in [1.29, 1.82) is 2.56 Å². The lowest BCUT2D eigenvalue weighted by atomic mass is 11.8. The quantitative estimate of drug-likeness (QED) is 0.425. The predicted molar refractivity (Wildman–Crippen MR) is 17.4 cm³/mol.